The van der Waals surface area contributed by atoms with Crippen molar-refractivity contribution in [3.63, 3.8) is 0 Å². The molecule has 28 heavy (non-hydrogen) atoms. The van der Waals surface area contributed by atoms with Gasteiger partial charge in [0.2, 0.25) is 6.29 Å². The Balaban J connectivity index is 1.91. The van der Waals surface area contributed by atoms with Crippen LogP contribution in [0.5, 0.6) is 0 Å². The fraction of sp³-hybridized carbons (Fsp3) is 0.238. The first-order valence-electron chi connectivity index (χ1n) is 9.03. The third-order valence-corrected chi connectivity index (χ3v) is 5.01. The molecule has 0 radical (unpaired) electrons. The van der Waals surface area contributed by atoms with Crippen molar-refractivity contribution in [1.29, 1.82) is 0 Å². The molecular weight excluding hydrogens is 358 g/mol. The van der Waals surface area contributed by atoms with Gasteiger partial charge < -0.3 is 4.74 Å². The fourth-order valence-electron chi connectivity index (χ4n) is 3.60. The molecule has 0 aromatic heterocycles. The van der Waals surface area contributed by atoms with E-state index < -0.39 is 29.5 Å². The van der Waals surface area contributed by atoms with Gasteiger partial charge in [-0.25, -0.2) is 9.79 Å². The highest BCUT2D eigenvalue weighted by Crippen LogP contribution is 2.43. The van der Waals surface area contributed by atoms with E-state index in [9.17, 15) is 14.4 Å². The van der Waals surface area contributed by atoms with Crippen LogP contribution in [0, 0.1) is 5.41 Å². The van der Waals surface area contributed by atoms with Crippen LogP contribution in [-0.4, -0.2) is 36.4 Å². The Hall–Kier alpha value is -3.48. The molecule has 3 aliphatic rings. The summed E-state index contributed by atoms with van der Waals surface area (Å²) in [4.78, 5) is 46.7. The van der Waals surface area contributed by atoms with Crippen molar-refractivity contribution in [2.75, 3.05) is 16.4 Å². The molecule has 3 aliphatic heterocycles. The van der Waals surface area contributed by atoms with Gasteiger partial charge >= 0.3 is 5.97 Å². The van der Waals surface area contributed by atoms with Gasteiger partial charge in [-0.3, -0.25) is 19.4 Å². The predicted molar refractivity (Wildman–Crippen MR) is 104 cm³/mol. The number of benzene rings is 2. The quantitative estimate of drug-likeness (QED) is 0.605. The second-order valence-electron chi connectivity index (χ2n) is 6.69. The van der Waals surface area contributed by atoms with Crippen molar-refractivity contribution >= 4 is 34.9 Å². The van der Waals surface area contributed by atoms with Gasteiger partial charge in [0.15, 0.2) is 5.41 Å². The predicted octanol–water partition coefficient (Wildman–Crippen LogP) is 2.37. The molecular formula is C21H19N3O4. The lowest BCUT2D eigenvalue weighted by Gasteiger charge is -2.51. The lowest BCUT2D eigenvalue weighted by molar-refractivity contribution is -0.144. The molecule has 7 nitrogen and oxygen atoms in total. The third-order valence-electron chi connectivity index (χ3n) is 5.01. The summed E-state index contributed by atoms with van der Waals surface area (Å²) in [6.45, 7) is 3.23. The molecule has 3 heterocycles. The largest absolute Gasteiger partial charge is 0.461 e. The Morgan fingerprint density at radius 3 is 1.86 bits per heavy atom. The number of amides is 2. The minimum absolute atomic E-state index is 0.131. The average molecular weight is 377 g/mol. The Morgan fingerprint density at radius 1 is 0.964 bits per heavy atom. The minimum atomic E-state index is -1.76. The van der Waals surface area contributed by atoms with Crippen LogP contribution < -0.4 is 9.80 Å². The monoisotopic (exact) mass is 377 g/mol. The minimum Gasteiger partial charge on any atom is -0.461 e. The van der Waals surface area contributed by atoms with Crippen LogP contribution in [-0.2, 0) is 19.1 Å². The smallest absolute Gasteiger partial charge is 0.354 e. The number of aliphatic imine (C=N–C) groups is 1. The van der Waals surface area contributed by atoms with Gasteiger partial charge in [0.1, 0.15) is 5.71 Å². The number of anilines is 2. The van der Waals surface area contributed by atoms with Gasteiger partial charge in [0, 0.05) is 11.4 Å². The van der Waals surface area contributed by atoms with E-state index >= 15 is 0 Å². The summed E-state index contributed by atoms with van der Waals surface area (Å²) in [6, 6.07) is 18.0. The van der Waals surface area contributed by atoms with Crippen molar-refractivity contribution in [3.05, 3.63) is 60.7 Å². The maximum Gasteiger partial charge on any atom is 0.354 e. The highest BCUT2D eigenvalue weighted by Gasteiger charge is 2.64. The molecule has 0 N–H and O–H groups in total. The normalized spacial score (nSPS) is 23.6. The van der Waals surface area contributed by atoms with Gasteiger partial charge in [-0.05, 0) is 38.1 Å². The highest BCUT2D eigenvalue weighted by molar-refractivity contribution is 6.52. The van der Waals surface area contributed by atoms with Crippen LogP contribution in [0.3, 0.4) is 0 Å². The van der Waals surface area contributed by atoms with E-state index in [-0.39, 0.29) is 12.3 Å². The van der Waals surface area contributed by atoms with Gasteiger partial charge in [-0.15, -0.1) is 0 Å². The molecule has 5 rings (SSSR count). The van der Waals surface area contributed by atoms with E-state index in [4.69, 9.17) is 4.74 Å². The summed E-state index contributed by atoms with van der Waals surface area (Å²) in [5, 5.41) is 0. The van der Waals surface area contributed by atoms with Crippen LogP contribution in [0.25, 0.3) is 0 Å². The second kappa shape index (κ2) is 6.60. The third kappa shape index (κ3) is 2.43. The first-order valence-corrected chi connectivity index (χ1v) is 9.03. The Bertz CT molecular complexity index is 912. The molecule has 0 spiro atoms. The molecule has 0 aliphatic carbocycles. The van der Waals surface area contributed by atoms with Crippen molar-refractivity contribution in [2.45, 2.75) is 20.1 Å². The van der Waals surface area contributed by atoms with Crippen LogP contribution >= 0.6 is 0 Å². The molecule has 0 saturated carbocycles. The van der Waals surface area contributed by atoms with Crippen molar-refractivity contribution in [3.8, 4) is 0 Å². The van der Waals surface area contributed by atoms with Crippen LogP contribution in [0.1, 0.15) is 13.8 Å². The first-order chi connectivity index (χ1) is 13.5. The number of nitrogens with zero attached hydrogens (tertiary/aromatic N) is 3. The van der Waals surface area contributed by atoms with Crippen molar-refractivity contribution in [2.24, 2.45) is 10.4 Å². The van der Waals surface area contributed by atoms with Gasteiger partial charge in [-0.1, -0.05) is 36.4 Å². The molecule has 142 valence electrons. The SMILES string of the molecule is CCOC(=O)C1=NC2N(c3ccccc3)C(=O)C1(C)C(=O)N2c1ccccc1. The summed E-state index contributed by atoms with van der Waals surface area (Å²) < 4.78 is 5.07. The summed E-state index contributed by atoms with van der Waals surface area (Å²) in [6.07, 6.45) is -0.994. The molecule has 0 unspecified atom stereocenters. The lowest BCUT2D eigenvalue weighted by Crippen LogP contribution is -2.74. The molecule has 1 fully saturated rings. The molecule has 2 bridgehead atoms. The number of hydrogen-bond donors (Lipinski definition) is 0. The van der Waals surface area contributed by atoms with Crippen LogP contribution in [0.2, 0.25) is 0 Å². The van der Waals surface area contributed by atoms with E-state index in [0.717, 1.165) is 0 Å². The number of ether oxygens (including phenoxy) is 1. The standard InChI is InChI=1S/C21H19N3O4/c1-3-28-17(25)16-21(2)18(26)23(14-10-6-4-7-11-14)20(22-16)24(19(21)27)15-12-8-5-9-13-15/h4-13,20H,3H2,1-2H3. The van der Waals surface area contributed by atoms with E-state index in [1.807, 2.05) is 12.1 Å². The van der Waals surface area contributed by atoms with E-state index in [1.54, 1.807) is 55.5 Å². The van der Waals surface area contributed by atoms with E-state index in [0.29, 0.717) is 11.4 Å². The topological polar surface area (TPSA) is 79.3 Å². The zero-order valence-corrected chi connectivity index (χ0v) is 15.5. The van der Waals surface area contributed by atoms with E-state index in [2.05, 4.69) is 4.99 Å². The van der Waals surface area contributed by atoms with Crippen molar-refractivity contribution in [1.82, 2.24) is 0 Å². The first kappa shape index (κ1) is 17.9. The zero-order valence-electron chi connectivity index (χ0n) is 15.5. The average Bonchev–Trinajstić information content (AvgIpc) is 2.71. The molecule has 0 atom stereocenters. The second-order valence-corrected chi connectivity index (χ2v) is 6.69. The van der Waals surface area contributed by atoms with Gasteiger partial charge in [-0.2, -0.15) is 0 Å². The molecule has 2 amide bonds. The number of carbonyl (C=O) groups excluding carboxylic acids is 3. The maximum atomic E-state index is 13.4. The van der Waals surface area contributed by atoms with Gasteiger partial charge in [0.25, 0.3) is 11.8 Å². The maximum absolute atomic E-state index is 13.4. The van der Waals surface area contributed by atoms with Gasteiger partial charge in [0.05, 0.1) is 6.61 Å². The Labute approximate surface area is 162 Å². The number of carbonyl (C=O) groups is 3. The molecule has 2 aromatic rings. The summed E-state index contributed by atoms with van der Waals surface area (Å²) in [5.41, 5.74) is -0.700. The zero-order chi connectivity index (χ0) is 19.9. The summed E-state index contributed by atoms with van der Waals surface area (Å²) >= 11 is 0. The summed E-state index contributed by atoms with van der Waals surface area (Å²) in [7, 11) is 0. The molecule has 7 heteroatoms. The number of para-hydroxylation sites is 2. The van der Waals surface area contributed by atoms with Crippen LogP contribution in [0.4, 0.5) is 11.4 Å². The Kier molecular flexibility index (Phi) is 4.22. The summed E-state index contributed by atoms with van der Waals surface area (Å²) in [5.74, 6) is -1.71. The lowest BCUT2D eigenvalue weighted by atomic mass is 9.77. The van der Waals surface area contributed by atoms with Crippen molar-refractivity contribution < 1.29 is 19.1 Å². The number of fused-ring (bicyclic) bond motifs is 2. The fourth-order valence-corrected chi connectivity index (χ4v) is 3.60. The number of esters is 1. The number of rotatable bonds is 4. The number of hydrogen-bond acceptors (Lipinski definition) is 5. The highest BCUT2D eigenvalue weighted by atomic mass is 16.5. The van der Waals surface area contributed by atoms with E-state index in [1.165, 1.54) is 16.7 Å². The molecule has 1 saturated heterocycles. The molecule has 2 aromatic carbocycles. The Morgan fingerprint density at radius 2 is 1.43 bits per heavy atom. The van der Waals surface area contributed by atoms with Crippen LogP contribution in [0.15, 0.2) is 65.7 Å².